The zero-order chi connectivity index (χ0) is 15.8. The number of carboxylic acids is 1. The van der Waals surface area contributed by atoms with Gasteiger partial charge >= 0.3 is 12.0 Å². The van der Waals surface area contributed by atoms with Crippen LogP contribution in [0.15, 0.2) is 24.3 Å². The zero-order valence-corrected chi connectivity index (χ0v) is 12.0. The summed E-state index contributed by atoms with van der Waals surface area (Å²) in [6.07, 6.45) is 0.198. The molecule has 4 N–H and O–H groups in total. The van der Waals surface area contributed by atoms with Gasteiger partial charge in [-0.25, -0.2) is 9.59 Å². The Hall–Kier alpha value is -2.57. The maximum absolute atomic E-state index is 11.6. The molecule has 0 atom stereocenters. The Bertz CT molecular complexity index is 511. The number of aromatic carboxylic acids is 1. The molecule has 0 radical (unpaired) electrons. The number of amides is 3. The summed E-state index contributed by atoms with van der Waals surface area (Å²) >= 11 is 0. The summed E-state index contributed by atoms with van der Waals surface area (Å²) in [6.45, 7) is 3.94. The standard InChI is InChI=1S/C14H19N3O4/c1-9(2)16-12(18)7-8-15-14(21)17-11-5-3-10(4-6-11)13(19)20/h3-6,9H,7-8H2,1-2H3,(H,16,18)(H,19,20)(H2,15,17,21). The smallest absolute Gasteiger partial charge is 0.335 e. The van der Waals surface area contributed by atoms with Crippen molar-refractivity contribution in [1.29, 1.82) is 0 Å². The number of nitrogens with one attached hydrogen (secondary N) is 3. The van der Waals surface area contributed by atoms with E-state index in [1.165, 1.54) is 24.3 Å². The predicted octanol–water partition coefficient (Wildman–Crippen LogP) is 1.42. The van der Waals surface area contributed by atoms with E-state index in [0.717, 1.165) is 0 Å². The number of urea groups is 1. The van der Waals surface area contributed by atoms with Crippen molar-refractivity contribution in [3.63, 3.8) is 0 Å². The van der Waals surface area contributed by atoms with Crippen molar-refractivity contribution in [2.75, 3.05) is 11.9 Å². The first kappa shape index (κ1) is 16.5. The van der Waals surface area contributed by atoms with E-state index in [2.05, 4.69) is 16.0 Å². The summed E-state index contributed by atoms with van der Waals surface area (Å²) in [7, 11) is 0. The first-order valence-corrected chi connectivity index (χ1v) is 6.56. The van der Waals surface area contributed by atoms with Gasteiger partial charge in [0.2, 0.25) is 5.91 Å². The van der Waals surface area contributed by atoms with Crippen LogP contribution in [0.4, 0.5) is 10.5 Å². The molecule has 0 aliphatic rings. The number of hydrogen-bond donors (Lipinski definition) is 4. The largest absolute Gasteiger partial charge is 0.478 e. The Morgan fingerprint density at radius 1 is 1.14 bits per heavy atom. The molecule has 1 aromatic rings. The number of rotatable bonds is 6. The lowest BCUT2D eigenvalue weighted by atomic mass is 10.2. The highest BCUT2D eigenvalue weighted by Gasteiger charge is 2.06. The molecule has 114 valence electrons. The van der Waals surface area contributed by atoms with Gasteiger partial charge in [-0.1, -0.05) is 0 Å². The van der Waals surface area contributed by atoms with E-state index in [0.29, 0.717) is 5.69 Å². The fourth-order valence-corrected chi connectivity index (χ4v) is 1.56. The van der Waals surface area contributed by atoms with Crippen molar-refractivity contribution in [2.45, 2.75) is 26.3 Å². The predicted molar refractivity (Wildman–Crippen MR) is 78.3 cm³/mol. The molecule has 0 aliphatic heterocycles. The van der Waals surface area contributed by atoms with Crippen molar-refractivity contribution in [1.82, 2.24) is 10.6 Å². The first-order valence-electron chi connectivity index (χ1n) is 6.56. The molecule has 0 aromatic heterocycles. The minimum atomic E-state index is -1.03. The lowest BCUT2D eigenvalue weighted by molar-refractivity contribution is -0.121. The van der Waals surface area contributed by atoms with E-state index < -0.39 is 12.0 Å². The SMILES string of the molecule is CC(C)NC(=O)CCNC(=O)Nc1ccc(C(=O)O)cc1. The van der Waals surface area contributed by atoms with Gasteiger partial charge in [-0.05, 0) is 38.1 Å². The lowest BCUT2D eigenvalue weighted by Gasteiger charge is -2.10. The molecule has 0 aliphatic carbocycles. The monoisotopic (exact) mass is 293 g/mol. The van der Waals surface area contributed by atoms with Crippen LogP contribution < -0.4 is 16.0 Å². The highest BCUT2D eigenvalue weighted by atomic mass is 16.4. The Morgan fingerprint density at radius 2 is 1.76 bits per heavy atom. The molecule has 0 saturated carbocycles. The van der Waals surface area contributed by atoms with E-state index in [9.17, 15) is 14.4 Å². The van der Waals surface area contributed by atoms with Crippen LogP contribution in [0.1, 0.15) is 30.6 Å². The molecule has 1 rings (SSSR count). The topological polar surface area (TPSA) is 108 Å². The summed E-state index contributed by atoms with van der Waals surface area (Å²) < 4.78 is 0. The first-order chi connectivity index (χ1) is 9.88. The number of carboxylic acid groups (broad SMARTS) is 1. The molecule has 7 heteroatoms. The molecule has 3 amide bonds. The lowest BCUT2D eigenvalue weighted by Crippen LogP contribution is -2.35. The van der Waals surface area contributed by atoms with E-state index in [4.69, 9.17) is 5.11 Å². The molecular formula is C14H19N3O4. The maximum atomic E-state index is 11.6. The van der Waals surface area contributed by atoms with E-state index in [1.54, 1.807) is 0 Å². The number of carbonyl (C=O) groups excluding carboxylic acids is 2. The minimum absolute atomic E-state index is 0.0686. The molecular weight excluding hydrogens is 274 g/mol. The van der Waals surface area contributed by atoms with Gasteiger partial charge in [-0.3, -0.25) is 4.79 Å². The van der Waals surface area contributed by atoms with Crippen LogP contribution in [0.25, 0.3) is 0 Å². The van der Waals surface area contributed by atoms with Gasteiger partial charge in [-0.2, -0.15) is 0 Å². The fraction of sp³-hybridized carbons (Fsp3) is 0.357. The average molecular weight is 293 g/mol. The second-order valence-electron chi connectivity index (χ2n) is 4.74. The number of carbonyl (C=O) groups is 3. The van der Waals surface area contributed by atoms with Crippen LogP contribution >= 0.6 is 0 Å². The van der Waals surface area contributed by atoms with Crippen LogP contribution in [-0.4, -0.2) is 35.6 Å². The van der Waals surface area contributed by atoms with Gasteiger partial charge < -0.3 is 21.1 Å². The van der Waals surface area contributed by atoms with Crippen LogP contribution in [0.2, 0.25) is 0 Å². The Morgan fingerprint density at radius 3 is 2.29 bits per heavy atom. The van der Waals surface area contributed by atoms with Crippen molar-refractivity contribution in [2.24, 2.45) is 0 Å². The van der Waals surface area contributed by atoms with Crippen LogP contribution in [0.3, 0.4) is 0 Å². The van der Waals surface area contributed by atoms with Crippen LogP contribution in [0, 0.1) is 0 Å². The summed E-state index contributed by atoms with van der Waals surface area (Å²) in [4.78, 5) is 33.6. The van der Waals surface area contributed by atoms with Crippen molar-refractivity contribution in [3.05, 3.63) is 29.8 Å². The zero-order valence-electron chi connectivity index (χ0n) is 12.0. The normalized spacial score (nSPS) is 10.0. The van der Waals surface area contributed by atoms with Gasteiger partial charge in [0.15, 0.2) is 0 Å². The second kappa shape index (κ2) is 7.88. The summed E-state index contributed by atoms with van der Waals surface area (Å²) in [6, 6.07) is 5.40. The highest BCUT2D eigenvalue weighted by Crippen LogP contribution is 2.09. The van der Waals surface area contributed by atoms with Crippen molar-refractivity contribution in [3.8, 4) is 0 Å². The maximum Gasteiger partial charge on any atom is 0.335 e. The molecule has 21 heavy (non-hydrogen) atoms. The molecule has 7 nitrogen and oxygen atoms in total. The average Bonchev–Trinajstić information content (AvgIpc) is 2.38. The second-order valence-corrected chi connectivity index (χ2v) is 4.74. The fourth-order valence-electron chi connectivity index (χ4n) is 1.56. The van der Waals surface area contributed by atoms with Gasteiger partial charge in [-0.15, -0.1) is 0 Å². The van der Waals surface area contributed by atoms with E-state index in [1.807, 2.05) is 13.8 Å². The van der Waals surface area contributed by atoms with Crippen molar-refractivity contribution < 1.29 is 19.5 Å². The van der Waals surface area contributed by atoms with Gasteiger partial charge in [0.25, 0.3) is 0 Å². The minimum Gasteiger partial charge on any atom is -0.478 e. The molecule has 0 saturated heterocycles. The van der Waals surface area contributed by atoms with Gasteiger partial charge in [0, 0.05) is 24.7 Å². The summed E-state index contributed by atoms with van der Waals surface area (Å²) in [5, 5.41) is 16.6. The Balaban J connectivity index is 2.33. The van der Waals surface area contributed by atoms with E-state index in [-0.39, 0.29) is 30.5 Å². The van der Waals surface area contributed by atoms with E-state index >= 15 is 0 Å². The molecule has 1 aromatic carbocycles. The third-order valence-electron chi connectivity index (χ3n) is 2.48. The molecule has 0 spiro atoms. The quantitative estimate of drug-likeness (QED) is 0.636. The Labute approximate surface area is 122 Å². The van der Waals surface area contributed by atoms with Gasteiger partial charge in [0.1, 0.15) is 0 Å². The van der Waals surface area contributed by atoms with Crippen LogP contribution in [-0.2, 0) is 4.79 Å². The number of hydrogen-bond acceptors (Lipinski definition) is 3. The van der Waals surface area contributed by atoms with Crippen molar-refractivity contribution >= 4 is 23.6 Å². The van der Waals surface area contributed by atoms with Crippen LogP contribution in [0.5, 0.6) is 0 Å². The molecule has 0 fully saturated rings. The van der Waals surface area contributed by atoms with Gasteiger partial charge in [0.05, 0.1) is 5.56 Å². The molecule has 0 bridgehead atoms. The third kappa shape index (κ3) is 6.42. The number of benzene rings is 1. The molecule has 0 heterocycles. The summed E-state index contributed by atoms with van der Waals surface area (Å²) in [5.41, 5.74) is 0.621. The third-order valence-corrected chi connectivity index (χ3v) is 2.48. The number of anilines is 1. The molecule has 0 unspecified atom stereocenters. The Kier molecular flexibility index (Phi) is 6.19. The summed E-state index contributed by atoms with van der Waals surface area (Å²) in [5.74, 6) is -1.15. The highest BCUT2D eigenvalue weighted by molar-refractivity contribution is 5.91.